The fourth-order valence-electron chi connectivity index (χ4n) is 2.49. The summed E-state index contributed by atoms with van der Waals surface area (Å²) in [6.07, 6.45) is 4.06. The van der Waals surface area contributed by atoms with Gasteiger partial charge in [-0.15, -0.1) is 0 Å². The number of hydrogen-bond donors (Lipinski definition) is 1. The first-order valence-electron chi connectivity index (χ1n) is 7.24. The molecule has 0 radical (unpaired) electrons. The molecule has 0 saturated heterocycles. The van der Waals surface area contributed by atoms with Crippen molar-refractivity contribution in [2.24, 2.45) is 0 Å². The van der Waals surface area contributed by atoms with Gasteiger partial charge in [0.25, 0.3) is 0 Å². The van der Waals surface area contributed by atoms with Crippen LogP contribution in [0.25, 0.3) is 11.4 Å². The number of aromatic amines is 1. The molecule has 3 rings (SSSR count). The average Bonchev–Trinajstić information content (AvgIpc) is 2.91. The Balaban J connectivity index is 0.00000192. The van der Waals surface area contributed by atoms with Gasteiger partial charge in [0, 0.05) is 24.2 Å². The molecular formula is C18H18ClN3O. The highest BCUT2D eigenvalue weighted by molar-refractivity contribution is 5.93. The molecule has 3 aromatic rings. The number of H-pyrrole nitrogens is 1. The first-order valence-corrected chi connectivity index (χ1v) is 7.24. The molecule has 118 valence electrons. The summed E-state index contributed by atoms with van der Waals surface area (Å²) < 4.78 is 2.11. The Labute approximate surface area is 141 Å². The summed E-state index contributed by atoms with van der Waals surface area (Å²) in [4.78, 5) is 19.1. The van der Waals surface area contributed by atoms with Gasteiger partial charge in [0.1, 0.15) is 11.5 Å². The zero-order valence-corrected chi connectivity index (χ0v) is 13.8. The highest BCUT2D eigenvalue weighted by atomic mass is 35.5. The van der Waals surface area contributed by atoms with Gasteiger partial charge in [-0.2, -0.15) is 0 Å². The average molecular weight is 328 g/mol. The Morgan fingerprint density at radius 1 is 1.17 bits per heavy atom. The number of imidazole rings is 1. The summed E-state index contributed by atoms with van der Waals surface area (Å²) >= 11 is 0. The summed E-state index contributed by atoms with van der Waals surface area (Å²) in [5.41, 5.74) is 3.52. The van der Waals surface area contributed by atoms with E-state index in [0.717, 1.165) is 23.6 Å². The largest absolute Gasteiger partial charge is 1.00 e. The standard InChI is InChI=1S/C18H17N3O.ClH/c1-13-17(14(2)22)20-18(19-13)16-9-6-10-21(12-16)11-15-7-4-3-5-8-15;/h3-10,12H,11H2,1-2H3;1H. The predicted octanol–water partition coefficient (Wildman–Crippen LogP) is -0.0725. The minimum absolute atomic E-state index is 0. The number of benzene rings is 1. The Morgan fingerprint density at radius 2 is 1.91 bits per heavy atom. The van der Waals surface area contributed by atoms with Gasteiger partial charge in [0.15, 0.2) is 24.7 Å². The number of hydrogen-bond acceptors (Lipinski definition) is 2. The Bertz CT molecular complexity index is 812. The maximum absolute atomic E-state index is 11.5. The lowest BCUT2D eigenvalue weighted by Gasteiger charge is -1.99. The van der Waals surface area contributed by atoms with Crippen LogP contribution in [0, 0.1) is 6.92 Å². The molecule has 0 fully saturated rings. The Hall–Kier alpha value is -2.46. The molecule has 0 aliphatic rings. The van der Waals surface area contributed by atoms with Gasteiger partial charge in [-0.1, -0.05) is 30.3 Å². The minimum atomic E-state index is -0.0203. The summed E-state index contributed by atoms with van der Waals surface area (Å²) in [6.45, 7) is 4.20. The minimum Gasteiger partial charge on any atom is -1.00 e. The number of ketones is 1. The van der Waals surface area contributed by atoms with E-state index >= 15 is 0 Å². The van der Waals surface area contributed by atoms with Crippen molar-refractivity contribution in [1.82, 2.24) is 9.97 Å². The third-order valence-electron chi connectivity index (χ3n) is 3.56. The van der Waals surface area contributed by atoms with Crippen molar-refractivity contribution < 1.29 is 21.8 Å². The number of nitrogens with zero attached hydrogens (tertiary/aromatic N) is 2. The lowest BCUT2D eigenvalue weighted by atomic mass is 10.2. The molecule has 0 aliphatic carbocycles. The quantitative estimate of drug-likeness (QED) is 0.538. The molecule has 2 heterocycles. The molecule has 1 N–H and O–H groups in total. The molecule has 0 spiro atoms. The van der Waals surface area contributed by atoms with Crippen LogP contribution in [0.1, 0.15) is 28.7 Å². The topological polar surface area (TPSA) is 49.6 Å². The van der Waals surface area contributed by atoms with Gasteiger partial charge in [-0.25, -0.2) is 9.55 Å². The molecule has 0 amide bonds. The van der Waals surface area contributed by atoms with E-state index in [9.17, 15) is 4.79 Å². The van der Waals surface area contributed by atoms with E-state index in [2.05, 4.69) is 26.7 Å². The third-order valence-corrected chi connectivity index (χ3v) is 3.56. The van der Waals surface area contributed by atoms with Gasteiger partial charge in [0.05, 0.1) is 5.56 Å². The van der Waals surface area contributed by atoms with Crippen LogP contribution in [0.2, 0.25) is 0 Å². The van der Waals surface area contributed by atoms with E-state index in [0.29, 0.717) is 5.69 Å². The van der Waals surface area contributed by atoms with Gasteiger partial charge in [-0.05, 0) is 13.0 Å². The van der Waals surface area contributed by atoms with Crippen LogP contribution in [-0.4, -0.2) is 15.8 Å². The van der Waals surface area contributed by atoms with Crippen molar-refractivity contribution in [3.05, 3.63) is 71.8 Å². The summed E-state index contributed by atoms with van der Waals surface area (Å²) in [5, 5.41) is 0. The molecule has 1 aromatic carbocycles. The van der Waals surface area contributed by atoms with Crippen LogP contribution in [0.5, 0.6) is 0 Å². The normalized spacial score (nSPS) is 10.2. The molecule has 0 unspecified atom stereocenters. The molecule has 4 nitrogen and oxygen atoms in total. The molecule has 0 saturated carbocycles. The Morgan fingerprint density at radius 3 is 2.57 bits per heavy atom. The smallest absolute Gasteiger partial charge is 0.180 e. The molecular weight excluding hydrogens is 310 g/mol. The number of carbonyl (C=O) groups is 1. The number of halogens is 1. The van der Waals surface area contributed by atoms with Gasteiger partial charge < -0.3 is 17.4 Å². The van der Waals surface area contributed by atoms with Crippen LogP contribution < -0.4 is 17.0 Å². The SMILES string of the molecule is CC(=O)c1nc(-c2ccc[n+](Cc3ccccc3)c2)[nH]c1C.[Cl-]. The van der Waals surface area contributed by atoms with E-state index < -0.39 is 0 Å². The number of nitrogens with one attached hydrogen (secondary N) is 1. The van der Waals surface area contributed by atoms with Crippen molar-refractivity contribution in [2.45, 2.75) is 20.4 Å². The lowest BCUT2D eigenvalue weighted by molar-refractivity contribution is -0.687. The zero-order valence-electron chi connectivity index (χ0n) is 13.1. The molecule has 2 aromatic heterocycles. The summed E-state index contributed by atoms with van der Waals surface area (Å²) in [7, 11) is 0. The fraction of sp³-hybridized carbons (Fsp3) is 0.167. The van der Waals surface area contributed by atoms with Crippen molar-refractivity contribution in [2.75, 3.05) is 0 Å². The first-order chi connectivity index (χ1) is 10.6. The van der Waals surface area contributed by atoms with E-state index in [1.54, 1.807) is 0 Å². The predicted molar refractivity (Wildman–Crippen MR) is 84.5 cm³/mol. The number of aromatic nitrogens is 3. The third kappa shape index (κ3) is 3.85. The number of pyridine rings is 1. The molecule has 0 atom stereocenters. The maximum Gasteiger partial charge on any atom is 0.180 e. The highest BCUT2D eigenvalue weighted by Crippen LogP contribution is 2.16. The van der Waals surface area contributed by atoms with Crippen molar-refractivity contribution in [3.8, 4) is 11.4 Å². The van der Waals surface area contributed by atoms with Crippen LogP contribution in [0.15, 0.2) is 54.9 Å². The van der Waals surface area contributed by atoms with Crippen molar-refractivity contribution in [3.63, 3.8) is 0 Å². The van der Waals surface area contributed by atoms with E-state index in [4.69, 9.17) is 0 Å². The molecule has 5 heteroatoms. The number of aryl methyl sites for hydroxylation is 1. The summed E-state index contributed by atoms with van der Waals surface area (Å²) in [5.74, 6) is 0.707. The molecule has 0 aliphatic heterocycles. The van der Waals surface area contributed by atoms with Crippen LogP contribution in [-0.2, 0) is 6.54 Å². The maximum atomic E-state index is 11.5. The molecule has 0 bridgehead atoms. The van der Waals surface area contributed by atoms with Crippen LogP contribution >= 0.6 is 0 Å². The monoisotopic (exact) mass is 327 g/mol. The summed E-state index contributed by atoms with van der Waals surface area (Å²) in [6, 6.07) is 14.3. The van der Waals surface area contributed by atoms with Gasteiger partial charge in [0.2, 0.25) is 0 Å². The van der Waals surface area contributed by atoms with Crippen LogP contribution in [0.3, 0.4) is 0 Å². The van der Waals surface area contributed by atoms with E-state index in [1.165, 1.54) is 12.5 Å². The second kappa shape index (κ2) is 7.20. The number of rotatable bonds is 4. The fourth-order valence-corrected chi connectivity index (χ4v) is 2.49. The van der Waals surface area contributed by atoms with E-state index in [-0.39, 0.29) is 18.2 Å². The van der Waals surface area contributed by atoms with Crippen LogP contribution in [0.4, 0.5) is 0 Å². The number of Topliss-reactive ketones (excluding diaryl/α,β-unsaturated/α-hetero) is 1. The Kier molecular flexibility index (Phi) is 5.29. The lowest BCUT2D eigenvalue weighted by Crippen LogP contribution is -3.00. The van der Waals surface area contributed by atoms with Crippen molar-refractivity contribution >= 4 is 5.78 Å². The second-order valence-electron chi connectivity index (χ2n) is 5.37. The second-order valence-corrected chi connectivity index (χ2v) is 5.37. The van der Waals surface area contributed by atoms with Crippen molar-refractivity contribution in [1.29, 1.82) is 0 Å². The van der Waals surface area contributed by atoms with Gasteiger partial charge in [-0.3, -0.25) is 4.79 Å². The van der Waals surface area contributed by atoms with E-state index in [1.807, 2.05) is 49.6 Å². The van der Waals surface area contributed by atoms with Gasteiger partial charge >= 0.3 is 0 Å². The first kappa shape index (κ1) is 16.9. The zero-order chi connectivity index (χ0) is 15.5. The number of carbonyl (C=O) groups excluding carboxylic acids is 1. The highest BCUT2D eigenvalue weighted by Gasteiger charge is 2.14. The molecule has 23 heavy (non-hydrogen) atoms.